The molecule has 3 atom stereocenters. The molecule has 4 aromatic carbocycles. The highest BCUT2D eigenvalue weighted by molar-refractivity contribution is 5.79. The number of hydrogen-bond donors (Lipinski definition) is 0. The maximum Gasteiger partial charge on any atom is 0.411 e. The Morgan fingerprint density at radius 2 is 1.35 bits per heavy atom. The lowest BCUT2D eigenvalue weighted by atomic mass is 9.92. The van der Waals surface area contributed by atoms with Gasteiger partial charge in [0.15, 0.2) is 0 Å². The lowest BCUT2D eigenvalue weighted by Crippen LogP contribution is -2.62. The molecular formula is C39H42F2N2O5. The molecule has 48 heavy (non-hydrogen) atoms. The van der Waals surface area contributed by atoms with Gasteiger partial charge in [-0.3, -0.25) is 14.6 Å². The molecular weight excluding hydrogens is 614 g/mol. The largest absolute Gasteiger partial charge is 0.462 e. The van der Waals surface area contributed by atoms with Gasteiger partial charge in [0, 0.05) is 25.2 Å². The van der Waals surface area contributed by atoms with Gasteiger partial charge >= 0.3 is 12.1 Å². The van der Waals surface area contributed by atoms with Crippen LogP contribution in [0.25, 0.3) is 0 Å². The van der Waals surface area contributed by atoms with Crippen molar-refractivity contribution >= 4 is 12.1 Å². The SMILES string of the molecule is CC(C)(C)OC(=O)N1CC(=O)OC[C@@H]1[C@@H](OCc1ccccc1)[C@H](Cc1cc(F)cc(F)c1)N(Cc1ccccc1)Cc1ccccc1. The fraction of sp³-hybridized carbons (Fsp3) is 0.333. The van der Waals surface area contributed by atoms with Crippen molar-refractivity contribution in [2.45, 2.75) is 70.7 Å². The lowest BCUT2D eigenvalue weighted by Gasteiger charge is -2.45. The van der Waals surface area contributed by atoms with E-state index in [9.17, 15) is 18.4 Å². The second kappa shape index (κ2) is 16.0. The van der Waals surface area contributed by atoms with Crippen LogP contribution in [-0.2, 0) is 45.1 Å². The molecule has 1 fully saturated rings. The molecule has 1 amide bonds. The third-order valence-electron chi connectivity index (χ3n) is 8.08. The zero-order valence-corrected chi connectivity index (χ0v) is 27.6. The van der Waals surface area contributed by atoms with E-state index in [-0.39, 0.29) is 26.2 Å². The van der Waals surface area contributed by atoms with Crippen LogP contribution in [0.15, 0.2) is 109 Å². The Kier molecular flexibility index (Phi) is 11.6. The van der Waals surface area contributed by atoms with Gasteiger partial charge in [-0.05, 0) is 61.6 Å². The summed E-state index contributed by atoms with van der Waals surface area (Å²) in [6.45, 7) is 5.90. The summed E-state index contributed by atoms with van der Waals surface area (Å²) < 4.78 is 47.4. The molecule has 4 aromatic rings. The predicted octanol–water partition coefficient (Wildman–Crippen LogP) is 7.33. The Bertz CT molecular complexity index is 1570. The Morgan fingerprint density at radius 1 is 0.833 bits per heavy atom. The van der Waals surface area contributed by atoms with Crippen molar-refractivity contribution < 1.29 is 32.6 Å². The van der Waals surface area contributed by atoms with Crippen LogP contribution < -0.4 is 0 Å². The maximum absolute atomic E-state index is 14.7. The molecule has 0 bridgehead atoms. The summed E-state index contributed by atoms with van der Waals surface area (Å²) in [4.78, 5) is 29.9. The monoisotopic (exact) mass is 656 g/mol. The minimum atomic E-state index is -0.825. The van der Waals surface area contributed by atoms with Gasteiger partial charge in [0.05, 0.1) is 18.8 Å². The zero-order valence-electron chi connectivity index (χ0n) is 27.6. The van der Waals surface area contributed by atoms with Crippen LogP contribution in [0.1, 0.15) is 43.0 Å². The van der Waals surface area contributed by atoms with Crippen molar-refractivity contribution in [3.63, 3.8) is 0 Å². The molecule has 1 saturated heterocycles. The number of halogens is 2. The molecule has 5 rings (SSSR count). The fourth-order valence-corrected chi connectivity index (χ4v) is 5.96. The summed E-state index contributed by atoms with van der Waals surface area (Å²) in [5, 5.41) is 0. The van der Waals surface area contributed by atoms with E-state index in [1.165, 1.54) is 17.0 Å². The van der Waals surface area contributed by atoms with Crippen molar-refractivity contribution in [1.82, 2.24) is 9.80 Å². The van der Waals surface area contributed by atoms with Crippen LogP contribution in [0.3, 0.4) is 0 Å². The Morgan fingerprint density at radius 3 is 1.88 bits per heavy atom. The van der Waals surface area contributed by atoms with Crippen LogP contribution in [0.2, 0.25) is 0 Å². The summed E-state index contributed by atoms with van der Waals surface area (Å²) in [6, 6.07) is 31.5. The Hall–Kier alpha value is -4.60. The first-order valence-corrected chi connectivity index (χ1v) is 16.1. The molecule has 0 spiro atoms. The van der Waals surface area contributed by atoms with E-state index in [1.807, 2.05) is 91.0 Å². The highest BCUT2D eigenvalue weighted by atomic mass is 19.1. The van der Waals surface area contributed by atoms with Crippen molar-refractivity contribution in [3.05, 3.63) is 143 Å². The van der Waals surface area contributed by atoms with Gasteiger partial charge in [-0.25, -0.2) is 13.6 Å². The molecule has 1 aliphatic heterocycles. The first kappa shape index (κ1) is 34.7. The minimum Gasteiger partial charge on any atom is -0.462 e. The molecule has 0 unspecified atom stereocenters. The summed E-state index contributed by atoms with van der Waals surface area (Å²) in [6.07, 6.45) is -1.31. The summed E-state index contributed by atoms with van der Waals surface area (Å²) in [5.41, 5.74) is 2.53. The standard InChI is InChI=1S/C39H42F2N2O5/c1-39(2,3)48-38(45)43-25-36(44)46-27-35(43)37(47-26-30-17-11-6-12-18-30)34(21-31-19-32(40)22-33(41)20-31)42(23-28-13-7-4-8-14-28)24-29-15-9-5-10-16-29/h4-20,22,34-35,37H,21,23-27H2,1-3H3/t34-,35+,37-/m0/s1. The number of cyclic esters (lactones) is 1. The number of carbonyl (C=O) groups is 2. The smallest absolute Gasteiger partial charge is 0.411 e. The van der Waals surface area contributed by atoms with Crippen molar-refractivity contribution in [2.75, 3.05) is 13.2 Å². The normalized spacial score (nSPS) is 16.3. The van der Waals surface area contributed by atoms with Gasteiger partial charge in [-0.1, -0.05) is 91.0 Å². The number of hydrogen-bond acceptors (Lipinski definition) is 6. The fourth-order valence-electron chi connectivity index (χ4n) is 5.96. The number of esters is 1. The lowest BCUT2D eigenvalue weighted by molar-refractivity contribution is -0.163. The average Bonchev–Trinajstić information content (AvgIpc) is 3.04. The number of morpholine rings is 1. The number of benzene rings is 4. The Labute approximate surface area is 281 Å². The highest BCUT2D eigenvalue weighted by Gasteiger charge is 2.44. The van der Waals surface area contributed by atoms with Gasteiger partial charge < -0.3 is 14.2 Å². The van der Waals surface area contributed by atoms with E-state index >= 15 is 0 Å². The van der Waals surface area contributed by atoms with Gasteiger partial charge in [0.25, 0.3) is 0 Å². The summed E-state index contributed by atoms with van der Waals surface area (Å²) in [7, 11) is 0. The van der Waals surface area contributed by atoms with E-state index in [0.29, 0.717) is 18.7 Å². The maximum atomic E-state index is 14.7. The topological polar surface area (TPSA) is 68.3 Å². The highest BCUT2D eigenvalue weighted by Crippen LogP contribution is 2.29. The third kappa shape index (κ3) is 9.95. The van der Waals surface area contributed by atoms with Crippen molar-refractivity contribution in [1.29, 1.82) is 0 Å². The van der Waals surface area contributed by atoms with Gasteiger partial charge in [-0.15, -0.1) is 0 Å². The molecule has 0 radical (unpaired) electrons. The van der Waals surface area contributed by atoms with E-state index in [2.05, 4.69) is 4.90 Å². The second-order valence-electron chi connectivity index (χ2n) is 13.0. The molecule has 7 nitrogen and oxygen atoms in total. The average molecular weight is 657 g/mol. The van der Waals surface area contributed by atoms with Crippen LogP contribution in [0.5, 0.6) is 0 Å². The van der Waals surface area contributed by atoms with Gasteiger partial charge in [0.2, 0.25) is 0 Å². The molecule has 0 aromatic heterocycles. The van der Waals surface area contributed by atoms with Crippen molar-refractivity contribution in [2.24, 2.45) is 0 Å². The van der Waals surface area contributed by atoms with Gasteiger partial charge in [-0.2, -0.15) is 0 Å². The van der Waals surface area contributed by atoms with Crippen LogP contribution in [-0.4, -0.2) is 58.8 Å². The number of amides is 1. The summed E-state index contributed by atoms with van der Waals surface area (Å²) >= 11 is 0. The number of ether oxygens (including phenoxy) is 3. The molecule has 1 aliphatic rings. The van der Waals surface area contributed by atoms with Crippen LogP contribution in [0.4, 0.5) is 13.6 Å². The zero-order chi connectivity index (χ0) is 34.1. The van der Waals surface area contributed by atoms with Crippen LogP contribution in [0, 0.1) is 11.6 Å². The molecule has 9 heteroatoms. The summed E-state index contributed by atoms with van der Waals surface area (Å²) in [5.74, 6) is -1.94. The van der Waals surface area contributed by atoms with E-state index in [0.717, 1.165) is 22.8 Å². The molecule has 0 N–H and O–H groups in total. The quantitative estimate of drug-likeness (QED) is 0.149. The molecule has 252 valence electrons. The number of rotatable bonds is 12. The number of carbonyl (C=O) groups excluding carboxylic acids is 2. The Balaban J connectivity index is 1.63. The van der Waals surface area contributed by atoms with Crippen molar-refractivity contribution in [3.8, 4) is 0 Å². The first-order valence-electron chi connectivity index (χ1n) is 16.1. The van der Waals surface area contributed by atoms with E-state index in [1.54, 1.807) is 20.8 Å². The second-order valence-corrected chi connectivity index (χ2v) is 13.0. The van der Waals surface area contributed by atoms with E-state index < -0.39 is 47.5 Å². The first-order chi connectivity index (χ1) is 23.0. The molecule has 1 heterocycles. The third-order valence-corrected chi connectivity index (χ3v) is 8.08. The molecule has 0 saturated carbocycles. The van der Waals surface area contributed by atoms with E-state index in [4.69, 9.17) is 14.2 Å². The molecule has 0 aliphatic carbocycles. The predicted molar refractivity (Wildman–Crippen MR) is 179 cm³/mol. The minimum absolute atomic E-state index is 0.143. The van der Waals surface area contributed by atoms with Gasteiger partial charge in [0.1, 0.15) is 30.4 Å². The number of nitrogens with zero attached hydrogens (tertiary/aromatic N) is 2. The van der Waals surface area contributed by atoms with Crippen LogP contribution >= 0.6 is 0 Å².